The molecule has 3 aromatic carbocycles. The molecule has 3 atom stereocenters. The van der Waals surface area contributed by atoms with Crippen LogP contribution in [0.2, 0.25) is 0 Å². The molecule has 6 nitrogen and oxygen atoms in total. The Morgan fingerprint density at radius 3 is 2.27 bits per heavy atom. The monoisotopic (exact) mass is 582 g/mol. The zero-order valence-electron chi connectivity index (χ0n) is 25.4. The highest BCUT2D eigenvalue weighted by molar-refractivity contribution is 6.01. The zero-order valence-corrected chi connectivity index (χ0v) is 25.4. The molecule has 2 unspecified atom stereocenters. The third kappa shape index (κ3) is 4.73. The van der Waals surface area contributed by atoms with E-state index in [9.17, 15) is 4.79 Å². The number of amides is 1. The van der Waals surface area contributed by atoms with Crippen molar-refractivity contribution in [2.24, 2.45) is 0 Å². The van der Waals surface area contributed by atoms with Gasteiger partial charge in [0.2, 0.25) is 0 Å². The Labute approximate surface area is 258 Å². The molecule has 2 saturated heterocycles. The van der Waals surface area contributed by atoms with Crippen molar-refractivity contribution in [1.82, 2.24) is 19.8 Å². The number of rotatable bonds is 5. The Bertz CT molecular complexity index is 1840. The highest BCUT2D eigenvalue weighted by Gasteiger charge is 2.45. The molecule has 4 heterocycles. The van der Waals surface area contributed by atoms with E-state index in [0.717, 1.165) is 64.9 Å². The summed E-state index contributed by atoms with van der Waals surface area (Å²) in [6.45, 7) is 1.83. The van der Waals surface area contributed by atoms with E-state index in [1.54, 1.807) is 19.0 Å². The maximum Gasteiger partial charge on any atom is 0.253 e. The number of aromatic amines is 1. The summed E-state index contributed by atoms with van der Waals surface area (Å²) in [5, 5.41) is 1.11. The van der Waals surface area contributed by atoms with Crippen LogP contribution in [-0.4, -0.2) is 71.1 Å². The second-order valence-electron chi connectivity index (χ2n) is 12.9. The maximum absolute atomic E-state index is 12.8. The summed E-state index contributed by atoms with van der Waals surface area (Å²) in [6.07, 6.45) is 10.1. The number of H-pyrrole nitrogens is 1. The Morgan fingerprint density at radius 2 is 1.52 bits per heavy atom. The van der Waals surface area contributed by atoms with Crippen molar-refractivity contribution < 1.29 is 9.53 Å². The van der Waals surface area contributed by atoms with E-state index in [2.05, 4.69) is 58.4 Å². The fourth-order valence-electron chi connectivity index (χ4n) is 7.72. The zero-order chi connectivity index (χ0) is 29.8. The molecule has 1 N–H and O–H groups in total. The van der Waals surface area contributed by atoms with Crippen LogP contribution in [0.4, 0.5) is 0 Å². The molecule has 2 bridgehead atoms. The van der Waals surface area contributed by atoms with Crippen molar-refractivity contribution in [3.8, 4) is 33.4 Å². The Balaban J connectivity index is 1.06. The second kappa shape index (κ2) is 11.0. The lowest BCUT2D eigenvalue weighted by molar-refractivity contribution is -0.148. The van der Waals surface area contributed by atoms with Crippen LogP contribution in [0.5, 0.6) is 0 Å². The smallest absolute Gasteiger partial charge is 0.253 e. The van der Waals surface area contributed by atoms with Crippen molar-refractivity contribution in [2.45, 2.75) is 50.2 Å². The molecule has 2 aromatic heterocycles. The summed E-state index contributed by atoms with van der Waals surface area (Å²) in [4.78, 5) is 25.4. The van der Waals surface area contributed by atoms with Gasteiger partial charge >= 0.3 is 0 Å². The standard InChI is InChI=1S/C38H38N4O2/c1-41(2)38(43)34-6-4-3-5-33(34)25-8-10-26(11-9-25)36-21-40-37-35(36)18-29(20-39-37)28-12-7-24-13-15-30(16-14-27(24)17-28)42-31-19-32(42)23-44-22-31/h3-12,17-18,20-21,30-32H,13-16,19,22-23H2,1-2H3,(H,39,40)/t30-,31?,32?/m0/s1. The highest BCUT2D eigenvalue weighted by Crippen LogP contribution is 2.38. The van der Waals surface area contributed by atoms with Gasteiger partial charge in [0, 0.05) is 66.7 Å². The molecule has 5 aromatic rings. The Kier molecular flexibility index (Phi) is 6.84. The molecule has 3 aliphatic rings. The number of hydrogen-bond donors (Lipinski definition) is 1. The normalized spacial score (nSPS) is 21.4. The second-order valence-corrected chi connectivity index (χ2v) is 12.9. The number of fused-ring (bicyclic) bond motifs is 4. The van der Waals surface area contributed by atoms with Crippen molar-refractivity contribution >= 4 is 16.9 Å². The fourth-order valence-corrected chi connectivity index (χ4v) is 7.72. The van der Waals surface area contributed by atoms with Crippen molar-refractivity contribution in [3.05, 3.63) is 102 Å². The van der Waals surface area contributed by atoms with Gasteiger partial charge in [0.15, 0.2) is 0 Å². The van der Waals surface area contributed by atoms with E-state index >= 15 is 0 Å². The minimum Gasteiger partial charge on any atom is -0.378 e. The average molecular weight is 583 g/mol. The van der Waals surface area contributed by atoms with E-state index in [1.807, 2.05) is 36.7 Å². The van der Waals surface area contributed by atoms with Gasteiger partial charge in [-0.05, 0) is 77.6 Å². The molecule has 1 amide bonds. The van der Waals surface area contributed by atoms with Crippen LogP contribution in [0.25, 0.3) is 44.4 Å². The molecular weight excluding hydrogens is 544 g/mol. The number of morpholine rings is 1. The van der Waals surface area contributed by atoms with Gasteiger partial charge in [-0.15, -0.1) is 0 Å². The maximum atomic E-state index is 12.8. The van der Waals surface area contributed by atoms with Crippen LogP contribution < -0.4 is 0 Å². The van der Waals surface area contributed by atoms with Crippen LogP contribution in [0.15, 0.2) is 85.2 Å². The van der Waals surface area contributed by atoms with Gasteiger partial charge in [0.05, 0.1) is 13.2 Å². The number of carbonyl (C=O) groups excluding carboxylic acids is 1. The van der Waals surface area contributed by atoms with Crippen LogP contribution in [0, 0.1) is 0 Å². The summed E-state index contributed by atoms with van der Waals surface area (Å²) >= 11 is 0. The fraction of sp³-hybridized carbons (Fsp3) is 0.316. The molecule has 222 valence electrons. The first-order chi connectivity index (χ1) is 21.5. The summed E-state index contributed by atoms with van der Waals surface area (Å²) in [5.41, 5.74) is 11.2. The molecule has 2 fully saturated rings. The van der Waals surface area contributed by atoms with E-state index < -0.39 is 0 Å². The molecule has 2 aliphatic heterocycles. The number of nitrogens with zero attached hydrogens (tertiary/aromatic N) is 3. The first-order valence-corrected chi connectivity index (χ1v) is 15.9. The molecule has 44 heavy (non-hydrogen) atoms. The minimum atomic E-state index is 0.00563. The summed E-state index contributed by atoms with van der Waals surface area (Å²) < 4.78 is 5.75. The first-order valence-electron chi connectivity index (χ1n) is 15.9. The molecule has 6 heteroatoms. The summed E-state index contributed by atoms with van der Waals surface area (Å²) in [7, 11) is 3.58. The number of hydrogen-bond acceptors (Lipinski definition) is 4. The van der Waals surface area contributed by atoms with E-state index in [0.29, 0.717) is 23.7 Å². The number of nitrogens with one attached hydrogen (secondary N) is 1. The molecule has 0 saturated carbocycles. The molecule has 1 aliphatic carbocycles. The first kappa shape index (κ1) is 27.3. The van der Waals surface area contributed by atoms with Crippen molar-refractivity contribution in [2.75, 3.05) is 27.3 Å². The van der Waals surface area contributed by atoms with Crippen molar-refractivity contribution in [1.29, 1.82) is 0 Å². The summed E-state index contributed by atoms with van der Waals surface area (Å²) in [6, 6.07) is 27.6. The van der Waals surface area contributed by atoms with E-state index in [1.165, 1.54) is 36.0 Å². The number of aromatic nitrogens is 2. The lowest BCUT2D eigenvalue weighted by Gasteiger charge is -2.56. The van der Waals surface area contributed by atoms with Gasteiger partial charge in [0.25, 0.3) is 5.91 Å². The van der Waals surface area contributed by atoms with Crippen LogP contribution in [-0.2, 0) is 17.6 Å². The van der Waals surface area contributed by atoms with E-state index in [4.69, 9.17) is 9.72 Å². The SMILES string of the molecule is CN(C)C(=O)c1ccccc1-c1ccc(-c2c[nH]c3ncc(-c4ccc5c(c4)CC[C@@H](N4C6COCC4C6)CC5)cc23)cc1. The largest absolute Gasteiger partial charge is 0.378 e. The number of pyridine rings is 1. The number of aryl methyl sites for hydroxylation is 2. The predicted molar refractivity (Wildman–Crippen MR) is 176 cm³/mol. The number of ether oxygens (including phenoxy) is 1. The third-order valence-electron chi connectivity index (χ3n) is 10.1. The lowest BCUT2D eigenvalue weighted by Crippen LogP contribution is -2.66. The Hall–Kier alpha value is -4.26. The third-order valence-corrected chi connectivity index (χ3v) is 10.1. The number of benzene rings is 3. The number of carbonyl (C=O) groups is 1. The topological polar surface area (TPSA) is 61.5 Å². The van der Waals surface area contributed by atoms with Gasteiger partial charge in [-0.2, -0.15) is 0 Å². The van der Waals surface area contributed by atoms with Crippen LogP contribution in [0.3, 0.4) is 0 Å². The van der Waals surface area contributed by atoms with Crippen LogP contribution >= 0.6 is 0 Å². The molecule has 0 radical (unpaired) electrons. The average Bonchev–Trinajstić information content (AvgIpc) is 3.38. The lowest BCUT2D eigenvalue weighted by atomic mass is 9.87. The highest BCUT2D eigenvalue weighted by atomic mass is 16.5. The predicted octanol–water partition coefficient (Wildman–Crippen LogP) is 6.99. The van der Waals surface area contributed by atoms with Gasteiger partial charge in [0.1, 0.15) is 5.65 Å². The molecule has 0 spiro atoms. The van der Waals surface area contributed by atoms with Gasteiger partial charge in [-0.25, -0.2) is 4.98 Å². The molecule has 8 rings (SSSR count). The summed E-state index contributed by atoms with van der Waals surface area (Å²) in [5.74, 6) is 0.00563. The molecular formula is C38H38N4O2. The minimum absolute atomic E-state index is 0.00563. The van der Waals surface area contributed by atoms with Gasteiger partial charge < -0.3 is 14.6 Å². The Morgan fingerprint density at radius 1 is 0.818 bits per heavy atom. The quantitative estimate of drug-likeness (QED) is 0.227. The van der Waals surface area contributed by atoms with Gasteiger partial charge in [-0.1, -0.05) is 60.7 Å². The van der Waals surface area contributed by atoms with Crippen LogP contribution in [0.1, 0.15) is 40.7 Å². The van der Waals surface area contributed by atoms with Gasteiger partial charge in [-0.3, -0.25) is 9.69 Å². The van der Waals surface area contributed by atoms with E-state index in [-0.39, 0.29) is 5.91 Å². The van der Waals surface area contributed by atoms with Crippen molar-refractivity contribution in [3.63, 3.8) is 0 Å².